The molecule has 0 spiro atoms. The number of aromatic nitrogens is 3. The fourth-order valence-electron chi connectivity index (χ4n) is 4.97. The van der Waals surface area contributed by atoms with E-state index in [0.29, 0.717) is 31.9 Å². The van der Waals surface area contributed by atoms with Crippen molar-refractivity contribution < 1.29 is 23.8 Å². The van der Waals surface area contributed by atoms with Crippen molar-refractivity contribution in [1.29, 1.82) is 0 Å². The van der Waals surface area contributed by atoms with E-state index in [1.807, 2.05) is 41.8 Å². The fraction of sp³-hybridized carbons (Fsp3) is 0.259. The Morgan fingerprint density at radius 1 is 1.08 bits per heavy atom. The summed E-state index contributed by atoms with van der Waals surface area (Å²) in [5.41, 5.74) is 4.55. The maximum absolute atomic E-state index is 14.3. The van der Waals surface area contributed by atoms with Crippen LogP contribution >= 0.6 is 0 Å². The lowest BCUT2D eigenvalue weighted by atomic mass is 10.1. The van der Waals surface area contributed by atoms with Crippen LogP contribution in [0.4, 0.5) is 20.7 Å². The van der Waals surface area contributed by atoms with Gasteiger partial charge in [-0.1, -0.05) is 6.07 Å². The van der Waals surface area contributed by atoms with E-state index >= 15 is 0 Å². The summed E-state index contributed by atoms with van der Waals surface area (Å²) in [5.74, 6) is 0.125. The van der Waals surface area contributed by atoms with Gasteiger partial charge in [0.15, 0.2) is 18.2 Å². The molecular formula is C27H25FN6O4. The van der Waals surface area contributed by atoms with E-state index in [1.54, 1.807) is 18.3 Å². The summed E-state index contributed by atoms with van der Waals surface area (Å²) < 4.78 is 21.6. The minimum atomic E-state index is -0.896. The van der Waals surface area contributed by atoms with Crippen LogP contribution in [-0.2, 0) is 11.3 Å². The number of pyridine rings is 2. The highest BCUT2D eigenvalue weighted by molar-refractivity contribution is 5.97. The second-order valence-corrected chi connectivity index (χ2v) is 9.31. The Kier molecular flexibility index (Phi) is 5.82. The molecule has 4 aromatic rings. The molecule has 0 saturated carbocycles. The van der Waals surface area contributed by atoms with Gasteiger partial charge < -0.3 is 24.0 Å². The van der Waals surface area contributed by atoms with Crippen LogP contribution in [0.1, 0.15) is 11.4 Å². The molecular weight excluding hydrogens is 491 g/mol. The van der Waals surface area contributed by atoms with E-state index < -0.39 is 11.9 Å². The Balaban J connectivity index is 1.27. The SMILES string of the molecule is Cc1nc2ccc(-c3ccc(N4CCN(C(=O)O)CC4)nc3)cn2c1CN1C(=O)COc2c(F)cccc21. The van der Waals surface area contributed by atoms with Crippen LogP contribution in [0.15, 0.2) is 54.9 Å². The molecule has 2 aliphatic heterocycles. The first-order valence-corrected chi connectivity index (χ1v) is 12.3. The predicted octanol–water partition coefficient (Wildman–Crippen LogP) is 3.57. The molecule has 3 aromatic heterocycles. The summed E-state index contributed by atoms with van der Waals surface area (Å²) in [6.45, 7) is 3.96. The number of benzene rings is 1. The van der Waals surface area contributed by atoms with Crippen molar-refractivity contribution in [2.24, 2.45) is 0 Å². The molecule has 1 N–H and O–H groups in total. The van der Waals surface area contributed by atoms with Gasteiger partial charge in [-0.25, -0.2) is 19.2 Å². The van der Waals surface area contributed by atoms with Crippen molar-refractivity contribution in [2.75, 3.05) is 42.6 Å². The van der Waals surface area contributed by atoms with Gasteiger partial charge in [0.2, 0.25) is 0 Å². The minimum Gasteiger partial charge on any atom is -0.478 e. The van der Waals surface area contributed by atoms with Gasteiger partial charge in [0, 0.05) is 49.7 Å². The normalized spacial score (nSPS) is 15.5. The molecule has 1 saturated heterocycles. The van der Waals surface area contributed by atoms with Crippen LogP contribution in [0.5, 0.6) is 5.75 Å². The van der Waals surface area contributed by atoms with E-state index in [4.69, 9.17) is 9.84 Å². The minimum absolute atomic E-state index is 0.0785. The Morgan fingerprint density at radius 2 is 1.87 bits per heavy atom. The molecule has 0 aliphatic carbocycles. The largest absolute Gasteiger partial charge is 0.478 e. The standard InChI is InChI=1S/C27H25FN6O4/c1-17-22(15-34-21-4-2-3-20(28)26(21)38-16-25(34)35)33-14-19(6-8-24(33)30-17)18-5-7-23(29-13-18)31-9-11-32(12-10-31)27(36)37/h2-8,13-14H,9-12,15-16H2,1H3,(H,36,37). The second-order valence-electron chi connectivity index (χ2n) is 9.31. The van der Waals surface area contributed by atoms with Gasteiger partial charge in [0.1, 0.15) is 11.5 Å². The van der Waals surface area contributed by atoms with Crippen molar-refractivity contribution in [3.63, 3.8) is 0 Å². The lowest BCUT2D eigenvalue weighted by molar-refractivity contribution is -0.121. The van der Waals surface area contributed by atoms with E-state index in [0.717, 1.165) is 34.0 Å². The highest BCUT2D eigenvalue weighted by atomic mass is 19.1. The van der Waals surface area contributed by atoms with Gasteiger partial charge in [-0.2, -0.15) is 0 Å². The van der Waals surface area contributed by atoms with E-state index in [1.165, 1.54) is 15.9 Å². The molecule has 5 heterocycles. The van der Waals surface area contributed by atoms with Crippen molar-refractivity contribution in [1.82, 2.24) is 19.3 Å². The number of carbonyl (C=O) groups is 2. The van der Waals surface area contributed by atoms with Gasteiger partial charge >= 0.3 is 6.09 Å². The summed E-state index contributed by atoms with van der Waals surface area (Å²) in [6, 6.07) is 12.4. The average molecular weight is 517 g/mol. The highest BCUT2D eigenvalue weighted by Crippen LogP contribution is 2.35. The first kappa shape index (κ1) is 23.7. The number of hydrogen-bond acceptors (Lipinski definition) is 6. The number of imidazole rings is 1. The molecule has 38 heavy (non-hydrogen) atoms. The van der Waals surface area contributed by atoms with Gasteiger partial charge in [-0.15, -0.1) is 0 Å². The van der Waals surface area contributed by atoms with Crippen LogP contribution in [-0.4, -0.2) is 69.2 Å². The number of rotatable bonds is 4. The van der Waals surface area contributed by atoms with Crippen molar-refractivity contribution in [3.05, 3.63) is 72.1 Å². The number of piperazine rings is 1. The summed E-state index contributed by atoms with van der Waals surface area (Å²) in [5, 5.41) is 9.16. The number of carbonyl (C=O) groups excluding carboxylic acids is 1. The fourth-order valence-corrected chi connectivity index (χ4v) is 4.97. The number of fused-ring (bicyclic) bond motifs is 2. The Labute approximate surface area is 217 Å². The number of hydrogen-bond donors (Lipinski definition) is 1. The molecule has 1 fully saturated rings. The van der Waals surface area contributed by atoms with E-state index in [9.17, 15) is 14.0 Å². The number of nitrogens with zero attached hydrogens (tertiary/aromatic N) is 6. The lowest BCUT2D eigenvalue weighted by Gasteiger charge is -2.33. The highest BCUT2D eigenvalue weighted by Gasteiger charge is 2.29. The van der Waals surface area contributed by atoms with E-state index in [2.05, 4.69) is 14.9 Å². The molecule has 2 aliphatic rings. The zero-order valence-electron chi connectivity index (χ0n) is 20.7. The Bertz CT molecular complexity index is 1550. The molecule has 6 rings (SSSR count). The lowest BCUT2D eigenvalue weighted by Crippen LogP contribution is -2.48. The van der Waals surface area contributed by atoms with Gasteiger partial charge in [-0.3, -0.25) is 9.69 Å². The number of para-hydroxylation sites is 1. The third-order valence-corrected chi connectivity index (χ3v) is 7.06. The second kappa shape index (κ2) is 9.33. The maximum Gasteiger partial charge on any atom is 0.407 e. The summed E-state index contributed by atoms with van der Waals surface area (Å²) in [7, 11) is 0. The molecule has 1 aromatic carbocycles. The number of halogens is 1. The zero-order chi connectivity index (χ0) is 26.4. The number of amides is 2. The quantitative estimate of drug-likeness (QED) is 0.442. The van der Waals surface area contributed by atoms with Crippen molar-refractivity contribution in [2.45, 2.75) is 13.5 Å². The van der Waals surface area contributed by atoms with Gasteiger partial charge in [0.25, 0.3) is 5.91 Å². The third-order valence-electron chi connectivity index (χ3n) is 7.06. The predicted molar refractivity (Wildman–Crippen MR) is 138 cm³/mol. The topological polar surface area (TPSA) is 104 Å². The molecule has 11 heteroatoms. The maximum atomic E-state index is 14.3. The average Bonchev–Trinajstić information content (AvgIpc) is 3.24. The van der Waals surface area contributed by atoms with Gasteiger partial charge in [0.05, 0.1) is 23.6 Å². The smallest absolute Gasteiger partial charge is 0.407 e. The molecule has 0 radical (unpaired) electrons. The van der Waals surface area contributed by atoms with Crippen molar-refractivity contribution in [3.8, 4) is 16.9 Å². The third kappa shape index (κ3) is 4.15. The first-order chi connectivity index (χ1) is 18.4. The summed E-state index contributed by atoms with van der Waals surface area (Å²) in [6.07, 6.45) is 2.87. The molecule has 0 bridgehead atoms. The summed E-state index contributed by atoms with van der Waals surface area (Å²) >= 11 is 0. The number of anilines is 2. The Morgan fingerprint density at radius 3 is 2.61 bits per heavy atom. The van der Waals surface area contributed by atoms with Crippen LogP contribution < -0.4 is 14.5 Å². The van der Waals surface area contributed by atoms with E-state index in [-0.39, 0.29) is 24.8 Å². The molecule has 0 unspecified atom stereocenters. The number of ether oxygens (including phenoxy) is 1. The molecule has 0 atom stereocenters. The molecule has 10 nitrogen and oxygen atoms in total. The van der Waals surface area contributed by atoms with Gasteiger partial charge in [-0.05, 0) is 43.3 Å². The first-order valence-electron chi connectivity index (χ1n) is 12.3. The number of aryl methyl sites for hydroxylation is 1. The molecule has 194 valence electrons. The Hall–Kier alpha value is -4.67. The van der Waals surface area contributed by atoms with Crippen molar-refractivity contribution >= 4 is 29.2 Å². The van der Waals surface area contributed by atoms with Crippen LogP contribution in [0.3, 0.4) is 0 Å². The van der Waals surface area contributed by atoms with Crippen LogP contribution in [0, 0.1) is 12.7 Å². The zero-order valence-corrected chi connectivity index (χ0v) is 20.7. The van der Waals surface area contributed by atoms with Crippen LogP contribution in [0.2, 0.25) is 0 Å². The molecule has 2 amide bonds. The monoisotopic (exact) mass is 516 g/mol. The number of carboxylic acid groups (broad SMARTS) is 1. The van der Waals surface area contributed by atoms with Crippen LogP contribution in [0.25, 0.3) is 16.8 Å². The summed E-state index contributed by atoms with van der Waals surface area (Å²) in [4.78, 5) is 38.2.